The number of hydrogen-bond acceptors (Lipinski definition) is 5. The molecule has 156 valence electrons. The third-order valence-electron chi connectivity index (χ3n) is 4.85. The van der Waals surface area contributed by atoms with Crippen molar-refractivity contribution in [2.75, 3.05) is 12.0 Å². The second-order valence-corrected chi connectivity index (χ2v) is 7.17. The number of rotatable bonds is 6. The molecule has 0 N–H and O–H groups in total. The second kappa shape index (κ2) is 9.02. The van der Waals surface area contributed by atoms with E-state index in [1.807, 2.05) is 36.4 Å². The van der Waals surface area contributed by atoms with E-state index < -0.39 is 0 Å². The zero-order valence-corrected chi connectivity index (χ0v) is 17.8. The van der Waals surface area contributed by atoms with Crippen LogP contribution in [0.25, 0.3) is 22.4 Å². The van der Waals surface area contributed by atoms with Gasteiger partial charge in [0, 0.05) is 29.4 Å². The number of hydrogen-bond donors (Lipinski definition) is 0. The highest BCUT2D eigenvalue weighted by molar-refractivity contribution is 6.30. The van der Waals surface area contributed by atoms with Crippen LogP contribution in [0.1, 0.15) is 13.3 Å². The molecule has 0 spiro atoms. The first kappa shape index (κ1) is 20.6. The minimum atomic E-state index is -0.130. The fraction of sp³-hybridized carbons (Fsp3) is 0.125. The summed E-state index contributed by atoms with van der Waals surface area (Å²) in [7, 11) is 1.62. The molecule has 7 heteroatoms. The van der Waals surface area contributed by atoms with Crippen molar-refractivity contribution in [2.24, 2.45) is 0 Å². The van der Waals surface area contributed by atoms with Crippen LogP contribution < -0.4 is 9.64 Å². The largest absolute Gasteiger partial charge is 0.497 e. The van der Waals surface area contributed by atoms with E-state index >= 15 is 0 Å². The Morgan fingerprint density at radius 3 is 2.29 bits per heavy atom. The Morgan fingerprint density at radius 1 is 1.00 bits per heavy atom. The van der Waals surface area contributed by atoms with Gasteiger partial charge >= 0.3 is 0 Å². The summed E-state index contributed by atoms with van der Waals surface area (Å²) in [5.41, 5.74) is 3.63. The summed E-state index contributed by atoms with van der Waals surface area (Å²) in [6.45, 7) is 1.80. The summed E-state index contributed by atoms with van der Waals surface area (Å²) in [5, 5.41) is 4.92. The van der Waals surface area contributed by atoms with Crippen molar-refractivity contribution >= 4 is 29.1 Å². The van der Waals surface area contributed by atoms with Crippen molar-refractivity contribution in [1.29, 1.82) is 0 Å². The molecule has 6 nitrogen and oxygen atoms in total. The number of halogens is 1. The minimum absolute atomic E-state index is 0.130. The van der Waals surface area contributed by atoms with E-state index in [0.29, 0.717) is 27.9 Å². The molecule has 0 unspecified atom stereocenters. The number of pyridine rings is 1. The van der Waals surface area contributed by atoms with Crippen molar-refractivity contribution in [2.45, 2.75) is 13.3 Å². The monoisotopic (exact) mass is 433 g/mol. The first-order valence-electron chi connectivity index (χ1n) is 9.75. The number of carbonyl (C=O) groups is 1. The van der Waals surface area contributed by atoms with Crippen LogP contribution in [0, 0.1) is 0 Å². The fourth-order valence-corrected chi connectivity index (χ4v) is 3.41. The van der Waals surface area contributed by atoms with Gasteiger partial charge < -0.3 is 9.26 Å². The molecule has 0 fully saturated rings. The lowest BCUT2D eigenvalue weighted by molar-refractivity contribution is -0.117. The van der Waals surface area contributed by atoms with Gasteiger partial charge in [-0.05, 0) is 66.2 Å². The predicted octanol–water partition coefficient (Wildman–Crippen LogP) is 6.14. The van der Waals surface area contributed by atoms with E-state index in [-0.39, 0.29) is 12.3 Å². The lowest BCUT2D eigenvalue weighted by atomic mass is 10.0. The first-order valence-corrected chi connectivity index (χ1v) is 10.1. The molecule has 2 aromatic heterocycles. The third-order valence-corrected chi connectivity index (χ3v) is 5.10. The third kappa shape index (κ3) is 4.15. The topological polar surface area (TPSA) is 68.5 Å². The molecule has 0 atom stereocenters. The van der Waals surface area contributed by atoms with E-state index in [9.17, 15) is 4.79 Å². The van der Waals surface area contributed by atoms with Gasteiger partial charge in [0.1, 0.15) is 11.4 Å². The van der Waals surface area contributed by atoms with E-state index in [2.05, 4.69) is 10.1 Å². The molecular weight excluding hydrogens is 414 g/mol. The Labute approximate surface area is 185 Å². The quantitative estimate of drug-likeness (QED) is 0.365. The van der Waals surface area contributed by atoms with E-state index in [1.165, 1.54) is 4.90 Å². The van der Waals surface area contributed by atoms with Gasteiger partial charge in [-0.2, -0.15) is 0 Å². The van der Waals surface area contributed by atoms with Crippen LogP contribution in [-0.4, -0.2) is 23.2 Å². The van der Waals surface area contributed by atoms with Gasteiger partial charge in [0.2, 0.25) is 11.8 Å². The smallest absolute Gasteiger partial charge is 0.247 e. The second-order valence-electron chi connectivity index (χ2n) is 6.73. The summed E-state index contributed by atoms with van der Waals surface area (Å²) < 4.78 is 11.1. The minimum Gasteiger partial charge on any atom is -0.497 e. The predicted molar refractivity (Wildman–Crippen MR) is 121 cm³/mol. The number of carbonyl (C=O) groups excluding carboxylic acids is 1. The number of methoxy groups -OCH3 is 1. The average Bonchev–Trinajstić information content (AvgIpc) is 3.25. The van der Waals surface area contributed by atoms with E-state index in [4.69, 9.17) is 20.9 Å². The number of ether oxygens (including phenoxy) is 1. The van der Waals surface area contributed by atoms with Crippen LogP contribution in [0.4, 0.5) is 11.6 Å². The molecule has 2 aromatic carbocycles. The highest BCUT2D eigenvalue weighted by Gasteiger charge is 2.28. The Morgan fingerprint density at radius 2 is 1.68 bits per heavy atom. The van der Waals surface area contributed by atoms with Crippen LogP contribution in [0.5, 0.6) is 5.75 Å². The standard InChI is InChI=1S/C24H20ClN3O3/c1-3-21(29)28(19-8-6-18(25)7-9-19)24-22(16-12-14-26-15-13-16)23(27-31-24)17-4-10-20(30-2)11-5-17/h4-15H,3H2,1-2H3. The summed E-state index contributed by atoms with van der Waals surface area (Å²) >= 11 is 6.06. The molecule has 0 saturated carbocycles. The fourth-order valence-electron chi connectivity index (χ4n) is 3.28. The van der Waals surface area contributed by atoms with Crippen LogP contribution in [-0.2, 0) is 4.79 Å². The maximum Gasteiger partial charge on any atom is 0.247 e. The molecule has 0 aliphatic rings. The summed E-state index contributed by atoms with van der Waals surface area (Å²) in [6.07, 6.45) is 3.67. The molecule has 0 bridgehead atoms. The van der Waals surface area contributed by atoms with Gasteiger partial charge in [0.25, 0.3) is 0 Å². The number of anilines is 2. The number of amides is 1. The Hall–Kier alpha value is -3.64. The average molecular weight is 434 g/mol. The zero-order chi connectivity index (χ0) is 21.8. The highest BCUT2D eigenvalue weighted by atomic mass is 35.5. The maximum atomic E-state index is 13.0. The van der Waals surface area contributed by atoms with Crippen molar-refractivity contribution in [3.8, 4) is 28.1 Å². The van der Waals surface area contributed by atoms with Crippen LogP contribution >= 0.6 is 11.6 Å². The molecule has 0 saturated heterocycles. The zero-order valence-electron chi connectivity index (χ0n) is 17.1. The van der Waals surface area contributed by atoms with Crippen LogP contribution in [0.3, 0.4) is 0 Å². The molecule has 1 amide bonds. The molecule has 2 heterocycles. The SMILES string of the molecule is CCC(=O)N(c1ccc(Cl)cc1)c1onc(-c2ccc(OC)cc2)c1-c1ccncc1. The molecule has 4 rings (SSSR count). The lowest BCUT2D eigenvalue weighted by Crippen LogP contribution is -2.25. The molecule has 31 heavy (non-hydrogen) atoms. The van der Waals surface area contributed by atoms with Gasteiger partial charge in [0.05, 0.1) is 18.4 Å². The van der Waals surface area contributed by atoms with Crippen LogP contribution in [0.15, 0.2) is 77.6 Å². The Balaban J connectivity index is 1.93. The van der Waals surface area contributed by atoms with Crippen molar-refractivity contribution in [1.82, 2.24) is 10.1 Å². The van der Waals surface area contributed by atoms with Crippen molar-refractivity contribution < 1.29 is 14.1 Å². The Kier molecular flexibility index (Phi) is 6.00. The molecule has 0 radical (unpaired) electrons. The molecule has 0 aliphatic heterocycles. The van der Waals surface area contributed by atoms with Crippen LogP contribution in [0.2, 0.25) is 5.02 Å². The van der Waals surface area contributed by atoms with Gasteiger partial charge in [-0.25, -0.2) is 4.90 Å². The summed E-state index contributed by atoms with van der Waals surface area (Å²) in [4.78, 5) is 18.6. The van der Waals surface area contributed by atoms with Gasteiger partial charge in [-0.1, -0.05) is 23.7 Å². The molecular formula is C24H20ClN3O3. The Bertz CT molecular complexity index is 1170. The summed E-state index contributed by atoms with van der Waals surface area (Å²) in [5.74, 6) is 0.947. The normalized spacial score (nSPS) is 10.7. The van der Waals surface area contributed by atoms with E-state index in [0.717, 1.165) is 16.9 Å². The van der Waals surface area contributed by atoms with Gasteiger partial charge in [-0.15, -0.1) is 0 Å². The van der Waals surface area contributed by atoms with E-state index in [1.54, 1.807) is 50.7 Å². The van der Waals surface area contributed by atoms with Crippen molar-refractivity contribution in [3.63, 3.8) is 0 Å². The number of aromatic nitrogens is 2. The first-order chi connectivity index (χ1) is 15.1. The molecule has 4 aromatic rings. The number of nitrogens with zero attached hydrogens (tertiary/aromatic N) is 3. The summed E-state index contributed by atoms with van der Waals surface area (Å²) in [6, 6.07) is 18.3. The number of benzene rings is 2. The van der Waals surface area contributed by atoms with Crippen molar-refractivity contribution in [3.05, 3.63) is 78.1 Å². The van der Waals surface area contributed by atoms with Gasteiger partial charge in [0.15, 0.2) is 0 Å². The highest BCUT2D eigenvalue weighted by Crippen LogP contribution is 2.42. The molecule has 0 aliphatic carbocycles. The maximum absolute atomic E-state index is 13.0. The lowest BCUT2D eigenvalue weighted by Gasteiger charge is -2.20. The van der Waals surface area contributed by atoms with Gasteiger partial charge in [-0.3, -0.25) is 9.78 Å².